The lowest BCUT2D eigenvalue weighted by Crippen LogP contribution is -2.07. The Balaban J connectivity index is 2.20. The van der Waals surface area contributed by atoms with Crippen LogP contribution in [0, 0.1) is 5.92 Å². The molecule has 15 heavy (non-hydrogen) atoms. The summed E-state index contributed by atoms with van der Waals surface area (Å²) < 4.78 is 5.45. The molecular weight excluding hydrogens is 194 g/mol. The number of rotatable bonds is 4. The third-order valence-corrected chi connectivity index (χ3v) is 2.44. The average molecular weight is 207 g/mol. The molecule has 0 aliphatic heterocycles. The van der Waals surface area contributed by atoms with Gasteiger partial charge in [-0.1, -0.05) is 6.07 Å². The van der Waals surface area contributed by atoms with E-state index in [2.05, 4.69) is 0 Å². The average Bonchev–Trinajstić information content (AvgIpc) is 2.99. The summed E-state index contributed by atoms with van der Waals surface area (Å²) in [5.41, 5.74) is 6.20. The van der Waals surface area contributed by atoms with E-state index in [4.69, 9.17) is 15.6 Å². The second kappa shape index (κ2) is 3.81. The van der Waals surface area contributed by atoms with Crippen LogP contribution in [0.2, 0.25) is 0 Å². The van der Waals surface area contributed by atoms with Crippen LogP contribution in [-0.2, 0) is 0 Å². The van der Waals surface area contributed by atoms with Crippen LogP contribution in [-0.4, -0.2) is 17.7 Å². The molecule has 1 aromatic carbocycles. The van der Waals surface area contributed by atoms with Crippen molar-refractivity contribution in [1.82, 2.24) is 0 Å². The molecule has 4 nitrogen and oxygen atoms in total. The van der Waals surface area contributed by atoms with Gasteiger partial charge in [-0.3, -0.25) is 0 Å². The minimum Gasteiger partial charge on any atom is -0.490 e. The zero-order chi connectivity index (χ0) is 10.8. The predicted molar refractivity (Wildman–Crippen MR) is 56.0 cm³/mol. The minimum absolute atomic E-state index is 0.135. The highest BCUT2D eigenvalue weighted by molar-refractivity contribution is 5.93. The molecule has 0 spiro atoms. The number of carboxylic acids is 1. The molecule has 0 saturated heterocycles. The quantitative estimate of drug-likeness (QED) is 0.738. The van der Waals surface area contributed by atoms with Crippen molar-refractivity contribution in [1.29, 1.82) is 0 Å². The zero-order valence-electron chi connectivity index (χ0n) is 8.27. The van der Waals surface area contributed by atoms with Gasteiger partial charge in [0.25, 0.3) is 0 Å². The molecule has 0 bridgehead atoms. The molecule has 1 aliphatic carbocycles. The number of carbonyl (C=O) groups is 1. The zero-order valence-corrected chi connectivity index (χ0v) is 8.27. The molecule has 0 aromatic heterocycles. The molecule has 80 valence electrons. The smallest absolute Gasteiger partial charge is 0.339 e. The Hall–Kier alpha value is -1.71. The van der Waals surface area contributed by atoms with Crippen LogP contribution in [0.25, 0.3) is 0 Å². The van der Waals surface area contributed by atoms with E-state index >= 15 is 0 Å². The Kier molecular flexibility index (Phi) is 2.49. The number of hydrogen-bond acceptors (Lipinski definition) is 3. The summed E-state index contributed by atoms with van der Waals surface area (Å²) in [6, 6.07) is 4.76. The van der Waals surface area contributed by atoms with E-state index in [1.54, 1.807) is 12.1 Å². The van der Waals surface area contributed by atoms with Gasteiger partial charge in [-0.25, -0.2) is 4.79 Å². The van der Waals surface area contributed by atoms with E-state index in [9.17, 15) is 4.79 Å². The van der Waals surface area contributed by atoms with Crippen LogP contribution in [0.1, 0.15) is 23.2 Å². The van der Waals surface area contributed by atoms with Crippen molar-refractivity contribution in [3.8, 4) is 5.75 Å². The topological polar surface area (TPSA) is 72.6 Å². The first-order valence-corrected chi connectivity index (χ1v) is 4.93. The number of benzene rings is 1. The van der Waals surface area contributed by atoms with Gasteiger partial charge < -0.3 is 15.6 Å². The SMILES string of the molecule is Nc1cccc(C(=O)O)c1OCC1CC1. The molecule has 0 heterocycles. The Morgan fingerprint density at radius 2 is 2.27 bits per heavy atom. The van der Waals surface area contributed by atoms with E-state index in [1.807, 2.05) is 0 Å². The normalized spacial score (nSPS) is 14.9. The fourth-order valence-electron chi connectivity index (χ4n) is 1.37. The van der Waals surface area contributed by atoms with E-state index in [0.717, 1.165) is 12.8 Å². The van der Waals surface area contributed by atoms with Crippen molar-refractivity contribution in [3.63, 3.8) is 0 Å². The minimum atomic E-state index is -1.01. The van der Waals surface area contributed by atoms with Crippen molar-refractivity contribution < 1.29 is 14.6 Å². The lowest BCUT2D eigenvalue weighted by molar-refractivity contribution is 0.0692. The summed E-state index contributed by atoms with van der Waals surface area (Å²) in [6.45, 7) is 0.564. The molecule has 0 radical (unpaired) electrons. The highest BCUT2D eigenvalue weighted by Gasteiger charge is 2.23. The van der Waals surface area contributed by atoms with Crippen molar-refractivity contribution in [2.75, 3.05) is 12.3 Å². The molecule has 1 saturated carbocycles. The summed E-state index contributed by atoms with van der Waals surface area (Å²) >= 11 is 0. The largest absolute Gasteiger partial charge is 0.490 e. The summed E-state index contributed by atoms with van der Waals surface area (Å²) in [6.07, 6.45) is 2.32. The van der Waals surface area contributed by atoms with E-state index in [1.165, 1.54) is 6.07 Å². The molecule has 3 N–H and O–H groups in total. The van der Waals surface area contributed by atoms with Gasteiger partial charge in [-0.05, 0) is 30.9 Å². The summed E-state index contributed by atoms with van der Waals surface area (Å²) in [7, 11) is 0. The fourth-order valence-corrected chi connectivity index (χ4v) is 1.37. The van der Waals surface area contributed by atoms with Gasteiger partial charge in [0.15, 0.2) is 5.75 Å². The first kappa shape index (κ1) is 9.83. The van der Waals surface area contributed by atoms with Crippen molar-refractivity contribution in [3.05, 3.63) is 23.8 Å². The number of nitrogens with two attached hydrogens (primary N) is 1. The van der Waals surface area contributed by atoms with Gasteiger partial charge in [0.1, 0.15) is 5.56 Å². The van der Waals surface area contributed by atoms with E-state index in [0.29, 0.717) is 24.0 Å². The number of nitrogen functional groups attached to an aromatic ring is 1. The Labute approximate surface area is 87.7 Å². The Morgan fingerprint density at radius 3 is 2.87 bits per heavy atom. The maximum atomic E-state index is 10.9. The van der Waals surface area contributed by atoms with Crippen LogP contribution in [0.15, 0.2) is 18.2 Å². The number of carboxylic acid groups (broad SMARTS) is 1. The summed E-state index contributed by atoms with van der Waals surface area (Å²) in [4.78, 5) is 10.9. The molecule has 0 atom stereocenters. The van der Waals surface area contributed by atoms with Gasteiger partial charge in [0.05, 0.1) is 12.3 Å². The van der Waals surface area contributed by atoms with Crippen LogP contribution in [0.4, 0.5) is 5.69 Å². The molecule has 0 amide bonds. The second-order valence-electron chi connectivity index (χ2n) is 3.78. The predicted octanol–water partition coefficient (Wildman–Crippen LogP) is 1.76. The summed E-state index contributed by atoms with van der Waals surface area (Å²) in [5.74, 6) is -0.128. The van der Waals surface area contributed by atoms with Gasteiger partial charge in [0.2, 0.25) is 0 Å². The molecule has 1 aliphatic rings. The first-order chi connectivity index (χ1) is 7.18. The second-order valence-corrected chi connectivity index (χ2v) is 3.78. The third-order valence-electron chi connectivity index (χ3n) is 2.44. The number of hydrogen-bond donors (Lipinski definition) is 2. The number of ether oxygens (including phenoxy) is 1. The van der Waals surface area contributed by atoms with Crippen molar-refractivity contribution in [2.24, 2.45) is 5.92 Å². The van der Waals surface area contributed by atoms with Crippen LogP contribution in [0.5, 0.6) is 5.75 Å². The van der Waals surface area contributed by atoms with Gasteiger partial charge in [-0.2, -0.15) is 0 Å². The molecular formula is C11H13NO3. The van der Waals surface area contributed by atoms with Crippen molar-refractivity contribution in [2.45, 2.75) is 12.8 Å². The highest BCUT2D eigenvalue weighted by atomic mass is 16.5. The van der Waals surface area contributed by atoms with Crippen LogP contribution in [0.3, 0.4) is 0 Å². The lowest BCUT2D eigenvalue weighted by Gasteiger charge is -2.10. The van der Waals surface area contributed by atoms with Gasteiger partial charge in [-0.15, -0.1) is 0 Å². The van der Waals surface area contributed by atoms with Crippen molar-refractivity contribution >= 4 is 11.7 Å². The monoisotopic (exact) mass is 207 g/mol. The van der Waals surface area contributed by atoms with E-state index < -0.39 is 5.97 Å². The fraction of sp³-hybridized carbons (Fsp3) is 0.364. The van der Waals surface area contributed by atoms with Gasteiger partial charge >= 0.3 is 5.97 Å². The van der Waals surface area contributed by atoms with Gasteiger partial charge in [0, 0.05) is 0 Å². The molecule has 1 fully saturated rings. The highest BCUT2D eigenvalue weighted by Crippen LogP contribution is 2.32. The first-order valence-electron chi connectivity index (χ1n) is 4.93. The molecule has 1 aromatic rings. The molecule has 2 rings (SSSR count). The third kappa shape index (κ3) is 2.21. The lowest BCUT2D eigenvalue weighted by atomic mass is 10.2. The number of anilines is 1. The maximum absolute atomic E-state index is 10.9. The Morgan fingerprint density at radius 1 is 1.53 bits per heavy atom. The number of aromatic carboxylic acids is 1. The summed E-state index contributed by atoms with van der Waals surface area (Å²) in [5, 5.41) is 8.94. The molecule has 0 unspecified atom stereocenters. The standard InChI is InChI=1S/C11H13NO3/c12-9-3-1-2-8(11(13)14)10(9)15-6-7-4-5-7/h1-3,7H,4-6,12H2,(H,13,14). The molecule has 4 heteroatoms. The number of para-hydroxylation sites is 1. The van der Waals surface area contributed by atoms with Crippen LogP contribution >= 0.6 is 0 Å². The maximum Gasteiger partial charge on any atom is 0.339 e. The Bertz CT molecular complexity index is 385. The van der Waals surface area contributed by atoms with Crippen LogP contribution < -0.4 is 10.5 Å². The van der Waals surface area contributed by atoms with E-state index in [-0.39, 0.29) is 5.56 Å².